The number of carbonyl (C=O) groups is 2. The van der Waals surface area contributed by atoms with Crippen LogP contribution in [0, 0.1) is 5.92 Å². The Kier molecular flexibility index (Phi) is 6.62. The molecule has 1 saturated heterocycles. The molecule has 2 fully saturated rings. The molecule has 0 radical (unpaired) electrons. The van der Waals surface area contributed by atoms with Gasteiger partial charge in [0.05, 0.1) is 12.4 Å². The maximum absolute atomic E-state index is 14.0. The van der Waals surface area contributed by atoms with Gasteiger partial charge in [0.2, 0.25) is 5.91 Å². The zero-order valence-electron chi connectivity index (χ0n) is 21.0. The smallest absolute Gasteiger partial charge is 0.279 e. The molecule has 1 saturated carbocycles. The summed E-state index contributed by atoms with van der Waals surface area (Å²) in [6.07, 6.45) is 9.28. The van der Waals surface area contributed by atoms with Crippen LogP contribution in [0.2, 0.25) is 0 Å². The van der Waals surface area contributed by atoms with Gasteiger partial charge >= 0.3 is 0 Å². The highest BCUT2D eigenvalue weighted by atomic mass is 16.5. The first kappa shape index (κ1) is 24.2. The number of rotatable bonds is 6. The Morgan fingerprint density at radius 3 is 2.61 bits per heavy atom. The van der Waals surface area contributed by atoms with E-state index in [-0.39, 0.29) is 35.1 Å². The van der Waals surface area contributed by atoms with Gasteiger partial charge in [-0.05, 0) is 48.4 Å². The maximum atomic E-state index is 14.0. The van der Waals surface area contributed by atoms with Crippen LogP contribution in [0.5, 0.6) is 0 Å². The van der Waals surface area contributed by atoms with Crippen LogP contribution in [-0.2, 0) is 14.9 Å². The topological polar surface area (TPSA) is 100 Å². The first-order valence-electron chi connectivity index (χ1n) is 12.6. The number of ether oxygens (including phenoxy) is 1. The molecule has 0 spiro atoms. The highest BCUT2D eigenvalue weighted by Crippen LogP contribution is 2.37. The Labute approximate surface area is 211 Å². The lowest BCUT2D eigenvalue weighted by molar-refractivity contribution is -0.123. The number of carbonyl (C=O) groups excluding carboxylic acids is 2. The molecule has 1 aromatic carbocycles. The van der Waals surface area contributed by atoms with Crippen LogP contribution in [0.4, 0.5) is 5.69 Å². The minimum absolute atomic E-state index is 0.0229. The van der Waals surface area contributed by atoms with Crippen LogP contribution in [0.3, 0.4) is 0 Å². The third-order valence-corrected chi connectivity index (χ3v) is 7.32. The van der Waals surface area contributed by atoms with Crippen molar-refractivity contribution in [3.8, 4) is 0 Å². The SMILES string of the molecule is CC(C)(C)c1ccc(N(C(=O)c2c[nH]cn2)C(C(=O)NC2CCC3OCCC23)c2cccnc2)cc1. The molecule has 36 heavy (non-hydrogen) atoms. The van der Waals surface area contributed by atoms with Crippen molar-refractivity contribution in [3.05, 3.63) is 78.1 Å². The summed E-state index contributed by atoms with van der Waals surface area (Å²) in [7, 11) is 0. The second-order valence-electron chi connectivity index (χ2n) is 10.7. The monoisotopic (exact) mass is 487 g/mol. The molecule has 0 bridgehead atoms. The number of benzene rings is 1. The van der Waals surface area contributed by atoms with Gasteiger partial charge in [-0.15, -0.1) is 0 Å². The first-order chi connectivity index (χ1) is 17.3. The molecule has 5 rings (SSSR count). The number of aromatic amines is 1. The van der Waals surface area contributed by atoms with E-state index < -0.39 is 6.04 Å². The number of hydrogen-bond donors (Lipinski definition) is 2. The number of aromatic nitrogens is 3. The van der Waals surface area contributed by atoms with E-state index in [9.17, 15) is 9.59 Å². The summed E-state index contributed by atoms with van der Waals surface area (Å²) in [6, 6.07) is 10.6. The molecule has 1 aliphatic carbocycles. The van der Waals surface area contributed by atoms with Gasteiger partial charge in [-0.2, -0.15) is 0 Å². The molecule has 3 heterocycles. The first-order valence-corrected chi connectivity index (χ1v) is 12.6. The number of H-pyrrole nitrogens is 1. The number of anilines is 1. The number of nitrogens with zero attached hydrogens (tertiary/aromatic N) is 3. The summed E-state index contributed by atoms with van der Waals surface area (Å²) >= 11 is 0. The molecule has 1 aliphatic heterocycles. The van der Waals surface area contributed by atoms with Crippen molar-refractivity contribution in [2.24, 2.45) is 5.92 Å². The van der Waals surface area contributed by atoms with E-state index in [1.54, 1.807) is 24.7 Å². The number of pyridine rings is 1. The van der Waals surface area contributed by atoms with Gasteiger partial charge in [0, 0.05) is 48.4 Å². The molecule has 3 aromatic rings. The van der Waals surface area contributed by atoms with Crippen molar-refractivity contribution in [3.63, 3.8) is 0 Å². The molecular weight excluding hydrogens is 454 g/mol. The number of amides is 2. The van der Waals surface area contributed by atoms with E-state index in [2.05, 4.69) is 41.0 Å². The van der Waals surface area contributed by atoms with Gasteiger partial charge in [0.15, 0.2) is 0 Å². The molecule has 8 heteroatoms. The minimum atomic E-state index is -0.912. The molecule has 2 aromatic heterocycles. The Balaban J connectivity index is 1.55. The van der Waals surface area contributed by atoms with E-state index in [1.807, 2.05) is 30.3 Å². The van der Waals surface area contributed by atoms with Crippen LogP contribution in [0.25, 0.3) is 0 Å². The van der Waals surface area contributed by atoms with Crippen molar-refractivity contribution in [1.82, 2.24) is 20.3 Å². The van der Waals surface area contributed by atoms with Crippen LogP contribution >= 0.6 is 0 Å². The molecule has 2 aliphatic rings. The second-order valence-corrected chi connectivity index (χ2v) is 10.7. The summed E-state index contributed by atoms with van der Waals surface area (Å²) in [5, 5.41) is 3.27. The van der Waals surface area contributed by atoms with E-state index in [4.69, 9.17) is 4.74 Å². The highest BCUT2D eigenvalue weighted by molar-refractivity contribution is 6.09. The fourth-order valence-corrected chi connectivity index (χ4v) is 5.38. The van der Waals surface area contributed by atoms with E-state index in [0.717, 1.165) is 31.4 Å². The molecule has 4 atom stereocenters. The molecule has 188 valence electrons. The van der Waals surface area contributed by atoms with Crippen LogP contribution < -0.4 is 10.2 Å². The maximum Gasteiger partial charge on any atom is 0.279 e. The normalized spacial score (nSPS) is 22.1. The van der Waals surface area contributed by atoms with Crippen LogP contribution in [-0.4, -0.2) is 45.5 Å². The lowest BCUT2D eigenvalue weighted by Gasteiger charge is -2.32. The predicted molar refractivity (Wildman–Crippen MR) is 137 cm³/mol. The molecule has 8 nitrogen and oxygen atoms in total. The van der Waals surface area contributed by atoms with Crippen molar-refractivity contribution in [2.75, 3.05) is 11.5 Å². The Hall–Kier alpha value is -3.52. The number of nitrogens with one attached hydrogen (secondary N) is 2. The van der Waals surface area contributed by atoms with Gasteiger partial charge in [-0.25, -0.2) is 4.98 Å². The van der Waals surface area contributed by atoms with Crippen LogP contribution in [0.15, 0.2) is 61.3 Å². The lowest BCUT2D eigenvalue weighted by Crippen LogP contribution is -2.48. The highest BCUT2D eigenvalue weighted by Gasteiger charge is 2.43. The van der Waals surface area contributed by atoms with E-state index in [0.29, 0.717) is 17.2 Å². The Morgan fingerprint density at radius 2 is 1.94 bits per heavy atom. The fourth-order valence-electron chi connectivity index (χ4n) is 5.38. The number of hydrogen-bond acceptors (Lipinski definition) is 5. The number of imidazole rings is 1. The Bertz CT molecular complexity index is 1190. The van der Waals surface area contributed by atoms with Gasteiger partial charge in [-0.3, -0.25) is 19.5 Å². The summed E-state index contributed by atoms with van der Waals surface area (Å²) < 4.78 is 5.84. The Morgan fingerprint density at radius 1 is 1.14 bits per heavy atom. The summed E-state index contributed by atoms with van der Waals surface area (Å²) in [4.78, 5) is 40.7. The minimum Gasteiger partial charge on any atom is -0.378 e. The summed E-state index contributed by atoms with van der Waals surface area (Å²) in [5.41, 5.74) is 2.59. The second kappa shape index (κ2) is 9.85. The standard InChI is InChI=1S/C28H33N5O3/c1-28(2,3)19-6-8-20(9-7-19)33(27(35)23-16-30-17-31-23)25(18-5-4-13-29-15-18)26(34)32-22-10-11-24-21(22)12-14-36-24/h4-9,13,15-17,21-22,24-25H,10-12,14H2,1-3H3,(H,30,31)(H,32,34). The average molecular weight is 488 g/mol. The van der Waals surface area contributed by atoms with Crippen molar-refractivity contribution < 1.29 is 14.3 Å². The third-order valence-electron chi connectivity index (χ3n) is 7.32. The fraction of sp³-hybridized carbons (Fsp3) is 0.429. The molecular formula is C28H33N5O3. The van der Waals surface area contributed by atoms with E-state index >= 15 is 0 Å². The summed E-state index contributed by atoms with van der Waals surface area (Å²) in [5.74, 6) is -0.286. The lowest BCUT2D eigenvalue weighted by atomic mass is 9.87. The van der Waals surface area contributed by atoms with Crippen molar-refractivity contribution in [1.29, 1.82) is 0 Å². The predicted octanol–water partition coefficient (Wildman–Crippen LogP) is 4.17. The third kappa shape index (κ3) is 4.78. The van der Waals surface area contributed by atoms with Gasteiger partial charge in [-0.1, -0.05) is 39.0 Å². The summed E-state index contributed by atoms with van der Waals surface area (Å²) in [6.45, 7) is 7.16. The van der Waals surface area contributed by atoms with E-state index in [1.165, 1.54) is 11.2 Å². The average Bonchev–Trinajstić information content (AvgIpc) is 3.62. The van der Waals surface area contributed by atoms with Gasteiger partial charge in [0.25, 0.3) is 5.91 Å². The van der Waals surface area contributed by atoms with Gasteiger partial charge < -0.3 is 15.0 Å². The van der Waals surface area contributed by atoms with Gasteiger partial charge in [0.1, 0.15) is 11.7 Å². The molecule has 4 unspecified atom stereocenters. The number of fused-ring (bicyclic) bond motifs is 1. The van der Waals surface area contributed by atoms with Crippen molar-refractivity contribution >= 4 is 17.5 Å². The van der Waals surface area contributed by atoms with Crippen molar-refractivity contribution in [2.45, 2.75) is 63.6 Å². The van der Waals surface area contributed by atoms with Crippen LogP contribution in [0.1, 0.15) is 67.7 Å². The zero-order valence-corrected chi connectivity index (χ0v) is 21.0. The largest absolute Gasteiger partial charge is 0.378 e. The zero-order chi connectivity index (χ0) is 25.3. The molecule has 2 amide bonds. The quantitative estimate of drug-likeness (QED) is 0.544. The molecule has 2 N–H and O–H groups in total.